The van der Waals surface area contributed by atoms with Crippen molar-refractivity contribution >= 4 is 23.4 Å². The van der Waals surface area contributed by atoms with E-state index in [1.807, 2.05) is 23.1 Å². The van der Waals surface area contributed by atoms with Crippen molar-refractivity contribution in [2.75, 3.05) is 17.2 Å². The molecule has 0 saturated heterocycles. The number of hydrogen-bond acceptors (Lipinski definition) is 3. The number of fused-ring (bicyclic) bond motifs is 1. The fraction of sp³-hybridized carbons (Fsp3) is 0.200. The van der Waals surface area contributed by atoms with E-state index >= 15 is 0 Å². The summed E-state index contributed by atoms with van der Waals surface area (Å²) < 4.78 is 13.0. The van der Waals surface area contributed by atoms with E-state index < -0.39 is 0 Å². The van der Waals surface area contributed by atoms with Gasteiger partial charge >= 0.3 is 0 Å². The molecule has 1 N–H and O–H groups in total. The third-order valence-corrected chi connectivity index (χ3v) is 5.32. The number of halogens is 1. The minimum absolute atomic E-state index is 0.0851. The molecule has 0 radical (unpaired) electrons. The molecule has 6 heteroatoms. The lowest BCUT2D eigenvalue weighted by atomic mass is 10.0. The molecule has 1 aliphatic heterocycles. The first-order valence-corrected chi connectivity index (χ1v) is 9.51. The number of carbonyl (C=O) groups is 1. The van der Waals surface area contributed by atoms with Crippen molar-refractivity contribution < 1.29 is 9.18 Å². The van der Waals surface area contributed by atoms with Gasteiger partial charge in [-0.3, -0.25) is 4.79 Å². The van der Waals surface area contributed by atoms with Gasteiger partial charge in [0.25, 0.3) is 0 Å². The zero-order valence-corrected chi connectivity index (χ0v) is 14.9. The number of anilines is 1. The van der Waals surface area contributed by atoms with Crippen molar-refractivity contribution in [3.8, 4) is 11.3 Å². The van der Waals surface area contributed by atoms with Crippen LogP contribution >= 0.6 is 11.8 Å². The molecule has 1 amide bonds. The molecule has 4 rings (SSSR count). The van der Waals surface area contributed by atoms with Crippen molar-refractivity contribution in [3.05, 3.63) is 66.1 Å². The fourth-order valence-electron chi connectivity index (χ4n) is 3.15. The number of carbonyl (C=O) groups excluding carboxylic acids is 1. The Labute approximate surface area is 155 Å². The molecular weight excluding hydrogens is 349 g/mol. The fourth-order valence-corrected chi connectivity index (χ4v) is 3.88. The van der Waals surface area contributed by atoms with Crippen LogP contribution in [0.4, 0.5) is 10.1 Å². The van der Waals surface area contributed by atoms with Gasteiger partial charge < -0.3 is 9.88 Å². The summed E-state index contributed by atoms with van der Waals surface area (Å²) in [5.74, 6) is 0.141. The van der Waals surface area contributed by atoms with E-state index in [4.69, 9.17) is 0 Å². The number of benzene rings is 2. The Morgan fingerprint density at radius 1 is 1.19 bits per heavy atom. The molecule has 2 heterocycles. The average molecular weight is 367 g/mol. The Balaban J connectivity index is 1.42. The number of H-pyrrole nitrogens is 1. The molecule has 0 fully saturated rings. The molecule has 0 aliphatic carbocycles. The highest BCUT2D eigenvalue weighted by Gasteiger charge is 2.22. The Morgan fingerprint density at radius 3 is 2.85 bits per heavy atom. The summed E-state index contributed by atoms with van der Waals surface area (Å²) in [6.07, 6.45) is 3.71. The maximum atomic E-state index is 13.0. The molecule has 2 aromatic carbocycles. The van der Waals surface area contributed by atoms with E-state index in [1.54, 1.807) is 18.3 Å². The lowest BCUT2D eigenvalue weighted by Gasteiger charge is -2.29. The molecule has 26 heavy (non-hydrogen) atoms. The number of rotatable bonds is 4. The largest absolute Gasteiger partial charge is 0.333 e. The number of thioether (sulfide) groups is 1. The second kappa shape index (κ2) is 7.33. The van der Waals surface area contributed by atoms with Crippen molar-refractivity contribution in [2.24, 2.45) is 0 Å². The van der Waals surface area contributed by atoms with Gasteiger partial charge in [-0.15, -0.1) is 0 Å². The van der Waals surface area contributed by atoms with E-state index in [1.165, 1.54) is 29.5 Å². The summed E-state index contributed by atoms with van der Waals surface area (Å²) in [7, 11) is 0. The van der Waals surface area contributed by atoms with Gasteiger partial charge in [0, 0.05) is 12.2 Å². The van der Waals surface area contributed by atoms with Crippen LogP contribution in [-0.4, -0.2) is 28.2 Å². The van der Waals surface area contributed by atoms with Crippen LogP contribution in [0, 0.1) is 5.82 Å². The van der Waals surface area contributed by atoms with Crippen molar-refractivity contribution in [1.29, 1.82) is 0 Å². The van der Waals surface area contributed by atoms with Gasteiger partial charge in [0.15, 0.2) is 5.16 Å². The Bertz CT molecular complexity index is 923. The third kappa shape index (κ3) is 3.51. The van der Waals surface area contributed by atoms with E-state index in [-0.39, 0.29) is 11.7 Å². The predicted molar refractivity (Wildman–Crippen MR) is 102 cm³/mol. The van der Waals surface area contributed by atoms with Crippen LogP contribution in [-0.2, 0) is 11.2 Å². The summed E-state index contributed by atoms with van der Waals surface area (Å²) in [5, 5.41) is 0.683. The molecular formula is C20H18FN3OS. The number of imidazole rings is 1. The summed E-state index contributed by atoms with van der Waals surface area (Å²) >= 11 is 1.38. The van der Waals surface area contributed by atoms with Gasteiger partial charge in [-0.1, -0.05) is 30.0 Å². The molecule has 3 aromatic rings. The molecule has 1 aliphatic rings. The standard InChI is InChI=1S/C20H18FN3OS/c21-16-9-7-14(8-10-16)17-12-22-20(23-17)26-13-19(25)24-11-3-5-15-4-1-2-6-18(15)24/h1-2,4,6-10,12H,3,5,11,13H2,(H,22,23). The first-order valence-electron chi connectivity index (χ1n) is 8.53. The maximum absolute atomic E-state index is 13.0. The molecule has 132 valence electrons. The number of amides is 1. The van der Waals surface area contributed by atoms with Crippen LogP contribution in [0.25, 0.3) is 11.3 Å². The highest BCUT2D eigenvalue weighted by molar-refractivity contribution is 7.99. The van der Waals surface area contributed by atoms with Gasteiger partial charge in [0.05, 0.1) is 17.6 Å². The number of nitrogens with zero attached hydrogens (tertiary/aromatic N) is 2. The van der Waals surface area contributed by atoms with Gasteiger partial charge in [0.1, 0.15) is 5.82 Å². The molecule has 0 spiro atoms. The predicted octanol–water partition coefficient (Wildman–Crippen LogP) is 4.29. The molecule has 0 unspecified atom stereocenters. The number of aryl methyl sites for hydroxylation is 1. The molecule has 1 aromatic heterocycles. The van der Waals surface area contributed by atoms with Gasteiger partial charge in [-0.25, -0.2) is 9.37 Å². The molecule has 0 atom stereocenters. The van der Waals surface area contributed by atoms with Crippen molar-refractivity contribution in [1.82, 2.24) is 9.97 Å². The Morgan fingerprint density at radius 2 is 2.00 bits per heavy atom. The van der Waals surface area contributed by atoms with Crippen LogP contribution in [0.5, 0.6) is 0 Å². The third-order valence-electron chi connectivity index (χ3n) is 4.45. The van der Waals surface area contributed by atoms with Gasteiger partial charge in [0.2, 0.25) is 5.91 Å². The molecule has 0 saturated carbocycles. The molecule has 4 nitrogen and oxygen atoms in total. The Kier molecular flexibility index (Phi) is 4.75. The number of aromatic nitrogens is 2. The van der Waals surface area contributed by atoms with Crippen LogP contribution < -0.4 is 4.90 Å². The number of nitrogens with one attached hydrogen (secondary N) is 1. The van der Waals surface area contributed by atoms with E-state index in [0.29, 0.717) is 10.9 Å². The smallest absolute Gasteiger partial charge is 0.237 e. The van der Waals surface area contributed by atoms with Gasteiger partial charge in [-0.2, -0.15) is 0 Å². The summed E-state index contributed by atoms with van der Waals surface area (Å²) in [5.41, 5.74) is 3.93. The minimum Gasteiger partial charge on any atom is -0.333 e. The van der Waals surface area contributed by atoms with Crippen molar-refractivity contribution in [3.63, 3.8) is 0 Å². The summed E-state index contributed by atoms with van der Waals surface area (Å²) in [4.78, 5) is 22.0. The van der Waals surface area contributed by atoms with Crippen LogP contribution in [0.3, 0.4) is 0 Å². The Hall–Kier alpha value is -2.60. The molecule has 0 bridgehead atoms. The zero-order valence-electron chi connectivity index (χ0n) is 14.1. The SMILES string of the molecule is O=C(CSc1ncc(-c2ccc(F)cc2)[nH]1)N1CCCc2ccccc21. The first-order chi connectivity index (χ1) is 12.7. The van der Waals surface area contributed by atoms with E-state index in [9.17, 15) is 9.18 Å². The lowest BCUT2D eigenvalue weighted by molar-refractivity contribution is -0.116. The topological polar surface area (TPSA) is 49.0 Å². The highest BCUT2D eigenvalue weighted by atomic mass is 32.2. The summed E-state index contributed by atoms with van der Waals surface area (Å²) in [6, 6.07) is 14.3. The van der Waals surface area contributed by atoms with E-state index in [0.717, 1.165) is 36.3 Å². The number of para-hydroxylation sites is 1. The van der Waals surface area contributed by atoms with Crippen LogP contribution in [0.1, 0.15) is 12.0 Å². The minimum atomic E-state index is -0.268. The van der Waals surface area contributed by atoms with Crippen LogP contribution in [0.2, 0.25) is 0 Å². The number of hydrogen-bond donors (Lipinski definition) is 1. The van der Waals surface area contributed by atoms with E-state index in [2.05, 4.69) is 16.0 Å². The summed E-state index contributed by atoms with van der Waals surface area (Å²) in [6.45, 7) is 0.759. The lowest BCUT2D eigenvalue weighted by Crippen LogP contribution is -2.36. The first kappa shape index (κ1) is 16.8. The highest BCUT2D eigenvalue weighted by Crippen LogP contribution is 2.28. The number of aromatic amines is 1. The quantitative estimate of drug-likeness (QED) is 0.700. The zero-order chi connectivity index (χ0) is 17.9. The van der Waals surface area contributed by atoms with Gasteiger partial charge in [-0.05, 0) is 54.3 Å². The van der Waals surface area contributed by atoms with Crippen LogP contribution in [0.15, 0.2) is 59.9 Å². The second-order valence-electron chi connectivity index (χ2n) is 6.18. The normalized spacial score (nSPS) is 13.5. The van der Waals surface area contributed by atoms with Crippen molar-refractivity contribution in [2.45, 2.75) is 18.0 Å². The maximum Gasteiger partial charge on any atom is 0.237 e. The average Bonchev–Trinajstić information content (AvgIpc) is 3.15. The second-order valence-corrected chi connectivity index (χ2v) is 7.14. The monoisotopic (exact) mass is 367 g/mol.